The molecule has 3 heteroatoms. The van der Waals surface area contributed by atoms with E-state index in [2.05, 4.69) is 30.4 Å². The molecule has 0 saturated heterocycles. The fourth-order valence-electron chi connectivity index (χ4n) is 1.83. The Bertz CT molecular complexity index is 401. The SMILES string of the molecule is CCC(N)CCNC(=O)Cc1cc(C)ccc1C. The third-order valence-electron chi connectivity index (χ3n) is 3.22. The van der Waals surface area contributed by atoms with Crippen molar-refractivity contribution < 1.29 is 4.79 Å². The summed E-state index contributed by atoms with van der Waals surface area (Å²) in [5.74, 6) is 0.0759. The van der Waals surface area contributed by atoms with E-state index in [9.17, 15) is 4.79 Å². The van der Waals surface area contributed by atoms with Crippen LogP contribution in [0.1, 0.15) is 36.5 Å². The molecule has 18 heavy (non-hydrogen) atoms. The van der Waals surface area contributed by atoms with E-state index in [-0.39, 0.29) is 11.9 Å². The van der Waals surface area contributed by atoms with E-state index in [1.807, 2.05) is 13.8 Å². The summed E-state index contributed by atoms with van der Waals surface area (Å²) >= 11 is 0. The quantitative estimate of drug-likeness (QED) is 0.810. The molecule has 1 amide bonds. The third kappa shape index (κ3) is 4.88. The minimum absolute atomic E-state index is 0.0759. The van der Waals surface area contributed by atoms with Crippen molar-refractivity contribution in [3.8, 4) is 0 Å². The summed E-state index contributed by atoms with van der Waals surface area (Å²) in [6.45, 7) is 6.80. The molecule has 1 aromatic carbocycles. The molecule has 0 aromatic heterocycles. The van der Waals surface area contributed by atoms with Crippen LogP contribution in [-0.2, 0) is 11.2 Å². The molecule has 0 aliphatic rings. The van der Waals surface area contributed by atoms with Crippen molar-refractivity contribution in [3.63, 3.8) is 0 Å². The molecule has 0 fully saturated rings. The van der Waals surface area contributed by atoms with Gasteiger partial charge < -0.3 is 11.1 Å². The first kappa shape index (κ1) is 14.7. The predicted octanol–water partition coefficient (Wildman–Crippen LogP) is 2.09. The van der Waals surface area contributed by atoms with Crippen molar-refractivity contribution in [1.82, 2.24) is 5.32 Å². The van der Waals surface area contributed by atoms with Crippen molar-refractivity contribution in [2.45, 2.75) is 46.1 Å². The van der Waals surface area contributed by atoms with Crippen LogP contribution < -0.4 is 11.1 Å². The number of hydrogen-bond acceptors (Lipinski definition) is 2. The van der Waals surface area contributed by atoms with Crippen molar-refractivity contribution in [2.24, 2.45) is 5.73 Å². The van der Waals surface area contributed by atoms with Crippen LogP contribution in [0.5, 0.6) is 0 Å². The molecule has 0 bridgehead atoms. The molecule has 0 aliphatic heterocycles. The Balaban J connectivity index is 2.42. The van der Waals surface area contributed by atoms with E-state index in [0.29, 0.717) is 13.0 Å². The van der Waals surface area contributed by atoms with Crippen LogP contribution >= 0.6 is 0 Å². The molecule has 1 atom stereocenters. The van der Waals surface area contributed by atoms with Crippen LogP contribution in [0.2, 0.25) is 0 Å². The Morgan fingerprint density at radius 1 is 1.39 bits per heavy atom. The van der Waals surface area contributed by atoms with Gasteiger partial charge in [-0.1, -0.05) is 30.7 Å². The van der Waals surface area contributed by atoms with E-state index in [1.165, 1.54) is 11.1 Å². The number of nitrogens with two attached hydrogens (primary N) is 1. The first-order chi connectivity index (χ1) is 8.52. The predicted molar refractivity (Wildman–Crippen MR) is 75.5 cm³/mol. The molecule has 1 unspecified atom stereocenters. The summed E-state index contributed by atoms with van der Waals surface area (Å²) in [5.41, 5.74) is 9.27. The molecule has 3 nitrogen and oxygen atoms in total. The molecule has 3 N–H and O–H groups in total. The van der Waals surface area contributed by atoms with Crippen molar-refractivity contribution in [2.75, 3.05) is 6.54 Å². The highest BCUT2D eigenvalue weighted by molar-refractivity contribution is 5.78. The zero-order valence-electron chi connectivity index (χ0n) is 11.6. The Morgan fingerprint density at radius 2 is 2.11 bits per heavy atom. The molecule has 0 aliphatic carbocycles. The third-order valence-corrected chi connectivity index (χ3v) is 3.22. The van der Waals surface area contributed by atoms with Gasteiger partial charge in [-0.05, 0) is 37.8 Å². The second-order valence-corrected chi connectivity index (χ2v) is 4.91. The highest BCUT2D eigenvalue weighted by Gasteiger charge is 2.06. The minimum Gasteiger partial charge on any atom is -0.356 e. The van der Waals surface area contributed by atoms with Gasteiger partial charge in [-0.25, -0.2) is 0 Å². The van der Waals surface area contributed by atoms with Gasteiger partial charge in [-0.3, -0.25) is 4.79 Å². The van der Waals surface area contributed by atoms with E-state index >= 15 is 0 Å². The largest absolute Gasteiger partial charge is 0.356 e. The molecular weight excluding hydrogens is 224 g/mol. The molecular formula is C15H24N2O. The summed E-state index contributed by atoms with van der Waals surface area (Å²) in [5, 5.41) is 2.92. The highest BCUT2D eigenvalue weighted by Crippen LogP contribution is 2.11. The molecule has 0 spiro atoms. The summed E-state index contributed by atoms with van der Waals surface area (Å²) in [6.07, 6.45) is 2.25. The van der Waals surface area contributed by atoms with Gasteiger partial charge in [0, 0.05) is 12.6 Å². The Labute approximate surface area is 110 Å². The molecule has 1 aromatic rings. The lowest BCUT2D eigenvalue weighted by Crippen LogP contribution is -2.31. The monoisotopic (exact) mass is 248 g/mol. The molecule has 1 rings (SSSR count). The standard InChI is InChI=1S/C15H24N2O/c1-4-14(16)7-8-17-15(18)10-13-9-11(2)5-6-12(13)3/h5-6,9,14H,4,7-8,10,16H2,1-3H3,(H,17,18). The topological polar surface area (TPSA) is 55.1 Å². The van der Waals surface area contributed by atoms with Gasteiger partial charge in [0.25, 0.3) is 0 Å². The van der Waals surface area contributed by atoms with Crippen LogP contribution in [0.3, 0.4) is 0 Å². The van der Waals surface area contributed by atoms with Gasteiger partial charge in [-0.15, -0.1) is 0 Å². The Morgan fingerprint density at radius 3 is 2.78 bits per heavy atom. The van der Waals surface area contributed by atoms with E-state index in [1.54, 1.807) is 0 Å². The zero-order chi connectivity index (χ0) is 13.5. The van der Waals surface area contributed by atoms with Crippen LogP contribution in [0.15, 0.2) is 18.2 Å². The average Bonchev–Trinajstić information content (AvgIpc) is 2.33. The summed E-state index contributed by atoms with van der Waals surface area (Å²) in [4.78, 5) is 11.8. The summed E-state index contributed by atoms with van der Waals surface area (Å²) in [6, 6.07) is 6.39. The lowest BCUT2D eigenvalue weighted by atomic mass is 10.0. The lowest BCUT2D eigenvalue weighted by Gasteiger charge is -2.11. The van der Waals surface area contributed by atoms with Crippen molar-refractivity contribution in [1.29, 1.82) is 0 Å². The van der Waals surface area contributed by atoms with E-state index < -0.39 is 0 Å². The number of carbonyl (C=O) groups excluding carboxylic acids is 1. The number of carbonyl (C=O) groups is 1. The number of amides is 1. The number of aryl methyl sites for hydroxylation is 2. The second kappa shape index (κ2) is 7.17. The molecule has 100 valence electrons. The smallest absolute Gasteiger partial charge is 0.224 e. The van der Waals surface area contributed by atoms with Crippen molar-refractivity contribution >= 4 is 5.91 Å². The summed E-state index contributed by atoms with van der Waals surface area (Å²) in [7, 11) is 0. The molecule has 0 heterocycles. The fraction of sp³-hybridized carbons (Fsp3) is 0.533. The normalized spacial score (nSPS) is 12.2. The second-order valence-electron chi connectivity index (χ2n) is 4.91. The fourth-order valence-corrected chi connectivity index (χ4v) is 1.83. The van der Waals surface area contributed by atoms with E-state index in [4.69, 9.17) is 5.73 Å². The van der Waals surface area contributed by atoms with Crippen LogP contribution in [0.25, 0.3) is 0 Å². The number of nitrogens with one attached hydrogen (secondary N) is 1. The van der Waals surface area contributed by atoms with E-state index in [0.717, 1.165) is 18.4 Å². The van der Waals surface area contributed by atoms with Gasteiger partial charge in [-0.2, -0.15) is 0 Å². The van der Waals surface area contributed by atoms with Gasteiger partial charge in [0.1, 0.15) is 0 Å². The summed E-state index contributed by atoms with van der Waals surface area (Å²) < 4.78 is 0. The number of rotatable bonds is 6. The minimum atomic E-state index is 0.0759. The van der Waals surface area contributed by atoms with Gasteiger partial charge in [0.15, 0.2) is 0 Å². The molecule has 0 saturated carbocycles. The highest BCUT2D eigenvalue weighted by atomic mass is 16.1. The number of benzene rings is 1. The first-order valence-corrected chi connectivity index (χ1v) is 6.61. The van der Waals surface area contributed by atoms with Crippen molar-refractivity contribution in [3.05, 3.63) is 34.9 Å². The Hall–Kier alpha value is -1.35. The van der Waals surface area contributed by atoms with Crippen LogP contribution in [0, 0.1) is 13.8 Å². The van der Waals surface area contributed by atoms with Crippen LogP contribution in [0.4, 0.5) is 0 Å². The average molecular weight is 248 g/mol. The van der Waals surface area contributed by atoms with Gasteiger partial charge >= 0.3 is 0 Å². The Kier molecular flexibility index (Phi) is 5.86. The maximum atomic E-state index is 11.8. The maximum absolute atomic E-state index is 11.8. The van der Waals surface area contributed by atoms with Crippen LogP contribution in [-0.4, -0.2) is 18.5 Å². The van der Waals surface area contributed by atoms with Gasteiger partial charge in [0.2, 0.25) is 5.91 Å². The first-order valence-electron chi connectivity index (χ1n) is 6.61. The maximum Gasteiger partial charge on any atom is 0.224 e. The molecule has 0 radical (unpaired) electrons. The lowest BCUT2D eigenvalue weighted by molar-refractivity contribution is -0.120. The zero-order valence-corrected chi connectivity index (χ0v) is 11.6. The number of hydrogen-bond donors (Lipinski definition) is 2. The van der Waals surface area contributed by atoms with Gasteiger partial charge in [0.05, 0.1) is 6.42 Å².